The highest BCUT2D eigenvalue weighted by Crippen LogP contribution is 2.46. The number of aliphatic hydroxyl groups is 1. The number of anilines is 1. The smallest absolute Gasteiger partial charge is 0.233 e. The molecule has 0 bridgehead atoms. The summed E-state index contributed by atoms with van der Waals surface area (Å²) in [4.78, 5) is 14.8. The Bertz CT molecular complexity index is 1020. The summed E-state index contributed by atoms with van der Waals surface area (Å²) in [5.74, 6) is -0.462. The molecule has 1 amide bonds. The zero-order valence-corrected chi connectivity index (χ0v) is 17.7. The number of amides is 1. The molecule has 4 nitrogen and oxygen atoms in total. The number of phenols is 1. The Balaban J connectivity index is 1.55. The van der Waals surface area contributed by atoms with Crippen molar-refractivity contribution < 1.29 is 19.4 Å². The molecule has 2 N–H and O–H groups in total. The van der Waals surface area contributed by atoms with E-state index in [4.69, 9.17) is 0 Å². The molecule has 1 aliphatic rings. The molecule has 30 heavy (non-hydrogen) atoms. The fraction of sp³-hybridized carbons (Fsp3) is 0.208. The van der Waals surface area contributed by atoms with Crippen LogP contribution in [-0.4, -0.2) is 16.1 Å². The number of aromatic hydroxyl groups is 1. The van der Waals surface area contributed by atoms with Crippen molar-refractivity contribution in [1.82, 2.24) is 0 Å². The average Bonchev–Trinajstić information content (AvgIpc) is 2.74. The normalized spacial score (nSPS) is 19.4. The summed E-state index contributed by atoms with van der Waals surface area (Å²) in [5.41, 5.74) is 2.36. The highest BCUT2D eigenvalue weighted by atomic mass is 79.9. The van der Waals surface area contributed by atoms with Crippen molar-refractivity contribution in [1.29, 1.82) is 0 Å². The van der Waals surface area contributed by atoms with Gasteiger partial charge in [0, 0.05) is 10.2 Å². The summed E-state index contributed by atoms with van der Waals surface area (Å²) < 4.78 is 14.1. The first-order valence-electron chi connectivity index (χ1n) is 9.75. The van der Waals surface area contributed by atoms with Gasteiger partial charge < -0.3 is 15.1 Å². The topological polar surface area (TPSA) is 60.8 Å². The van der Waals surface area contributed by atoms with Crippen LogP contribution in [0.25, 0.3) is 0 Å². The zero-order chi connectivity index (χ0) is 21.3. The van der Waals surface area contributed by atoms with Crippen molar-refractivity contribution in [3.8, 4) is 5.75 Å². The fourth-order valence-electron chi connectivity index (χ4n) is 3.96. The first kappa shape index (κ1) is 20.6. The van der Waals surface area contributed by atoms with Crippen molar-refractivity contribution >= 4 is 27.5 Å². The van der Waals surface area contributed by atoms with Gasteiger partial charge in [0.2, 0.25) is 5.91 Å². The Morgan fingerprint density at radius 3 is 2.23 bits per heavy atom. The minimum Gasteiger partial charge on any atom is -0.508 e. The van der Waals surface area contributed by atoms with Gasteiger partial charge >= 0.3 is 0 Å². The third-order valence-electron chi connectivity index (χ3n) is 5.56. The van der Waals surface area contributed by atoms with Gasteiger partial charge in [-0.3, -0.25) is 4.79 Å². The van der Waals surface area contributed by atoms with Crippen molar-refractivity contribution in [2.75, 3.05) is 4.90 Å². The van der Waals surface area contributed by atoms with E-state index in [1.54, 1.807) is 29.2 Å². The third-order valence-corrected chi connectivity index (χ3v) is 6.09. The lowest BCUT2D eigenvalue weighted by Crippen LogP contribution is -2.55. The maximum absolute atomic E-state index is 13.1. The molecule has 0 spiro atoms. The molecule has 6 heteroatoms. The molecule has 1 heterocycles. The van der Waals surface area contributed by atoms with E-state index in [1.165, 1.54) is 12.1 Å². The maximum Gasteiger partial charge on any atom is 0.233 e. The molecule has 154 valence electrons. The summed E-state index contributed by atoms with van der Waals surface area (Å²) in [6, 6.07) is 20.0. The van der Waals surface area contributed by atoms with Crippen molar-refractivity contribution in [3.63, 3.8) is 0 Å². The van der Waals surface area contributed by atoms with Gasteiger partial charge in [-0.25, -0.2) is 4.39 Å². The summed E-state index contributed by atoms with van der Waals surface area (Å²) in [6.07, 6.45) is 0.126. The summed E-state index contributed by atoms with van der Waals surface area (Å²) in [6.45, 7) is 0. The molecular weight excluding hydrogens is 449 g/mol. The number of nitrogens with zero attached hydrogens (tertiary/aromatic N) is 1. The molecule has 3 atom stereocenters. The SMILES string of the molecule is O=C1[C@H](CC[C@H](O)c2ccc(F)cc2)[C@@H](c2ccc(O)cc2)N1c1ccc(Br)cc1. The van der Waals surface area contributed by atoms with Crippen molar-refractivity contribution in [3.05, 3.63) is 94.2 Å². The Hall–Kier alpha value is -2.70. The first-order valence-corrected chi connectivity index (χ1v) is 10.5. The fourth-order valence-corrected chi connectivity index (χ4v) is 4.23. The lowest BCUT2D eigenvalue weighted by atomic mass is 9.78. The molecule has 0 saturated carbocycles. The number of carbonyl (C=O) groups excluding carboxylic acids is 1. The zero-order valence-electron chi connectivity index (χ0n) is 16.1. The standard InChI is InChI=1S/C24H21BrFNO3/c25-17-5-9-19(10-6-17)27-23(16-3-11-20(28)12-4-16)21(24(27)30)13-14-22(29)15-1-7-18(26)8-2-15/h1-12,21-23,28-29H,13-14H2/t21-,22+,23-/m1/s1. The lowest BCUT2D eigenvalue weighted by molar-refractivity contribution is -0.131. The Kier molecular flexibility index (Phi) is 5.88. The number of hydrogen-bond acceptors (Lipinski definition) is 3. The second-order valence-corrected chi connectivity index (χ2v) is 8.39. The van der Waals surface area contributed by atoms with Gasteiger partial charge in [0.15, 0.2) is 0 Å². The van der Waals surface area contributed by atoms with E-state index >= 15 is 0 Å². The number of β-lactam (4-membered cyclic amide) rings is 1. The van der Waals surface area contributed by atoms with Crippen LogP contribution in [0.5, 0.6) is 5.75 Å². The largest absolute Gasteiger partial charge is 0.508 e. The van der Waals surface area contributed by atoms with Crippen molar-refractivity contribution in [2.24, 2.45) is 5.92 Å². The van der Waals surface area contributed by atoms with Gasteiger partial charge in [0.25, 0.3) is 0 Å². The van der Waals surface area contributed by atoms with Gasteiger partial charge in [-0.05, 0) is 72.5 Å². The van der Waals surface area contributed by atoms with Crippen LogP contribution in [0, 0.1) is 11.7 Å². The molecule has 1 saturated heterocycles. The number of hydrogen-bond donors (Lipinski definition) is 2. The molecule has 3 aromatic rings. The second kappa shape index (κ2) is 8.58. The van der Waals surface area contributed by atoms with Crippen LogP contribution in [0.15, 0.2) is 77.3 Å². The molecule has 0 unspecified atom stereocenters. The molecule has 1 fully saturated rings. The van der Waals surface area contributed by atoms with E-state index in [0.717, 1.165) is 15.7 Å². The summed E-state index contributed by atoms with van der Waals surface area (Å²) in [5, 5.41) is 20.1. The van der Waals surface area contributed by atoms with Crippen LogP contribution in [0.3, 0.4) is 0 Å². The summed E-state index contributed by atoms with van der Waals surface area (Å²) in [7, 11) is 0. The van der Waals surface area contributed by atoms with Gasteiger partial charge in [0.1, 0.15) is 11.6 Å². The van der Waals surface area contributed by atoms with Crippen LogP contribution in [-0.2, 0) is 4.79 Å². The van der Waals surface area contributed by atoms with Crippen LogP contribution in [0.4, 0.5) is 10.1 Å². The quantitative estimate of drug-likeness (QED) is 0.467. The lowest BCUT2D eigenvalue weighted by Gasteiger charge is -2.48. The molecular formula is C24H21BrFNO3. The van der Waals surface area contributed by atoms with E-state index in [2.05, 4.69) is 15.9 Å². The van der Waals surface area contributed by atoms with Crippen LogP contribution < -0.4 is 4.90 Å². The Morgan fingerprint density at radius 2 is 1.60 bits per heavy atom. The Morgan fingerprint density at radius 1 is 0.967 bits per heavy atom. The molecule has 0 radical (unpaired) electrons. The maximum atomic E-state index is 13.1. The van der Waals surface area contributed by atoms with Gasteiger partial charge in [-0.1, -0.05) is 40.2 Å². The van der Waals surface area contributed by atoms with E-state index in [9.17, 15) is 19.4 Å². The molecule has 0 aliphatic carbocycles. The predicted octanol–water partition coefficient (Wildman–Crippen LogP) is 5.51. The van der Waals surface area contributed by atoms with Crippen LogP contribution >= 0.6 is 15.9 Å². The van der Waals surface area contributed by atoms with Crippen molar-refractivity contribution in [2.45, 2.75) is 25.0 Å². The molecule has 1 aliphatic heterocycles. The van der Waals surface area contributed by atoms with Crippen LogP contribution in [0.1, 0.15) is 36.1 Å². The number of carbonyl (C=O) groups is 1. The van der Waals surface area contributed by atoms with Gasteiger partial charge in [0.05, 0.1) is 18.1 Å². The highest BCUT2D eigenvalue weighted by molar-refractivity contribution is 9.10. The number of phenolic OH excluding ortho intramolecular Hbond substituents is 1. The highest BCUT2D eigenvalue weighted by Gasteiger charge is 2.48. The monoisotopic (exact) mass is 469 g/mol. The van der Waals surface area contributed by atoms with Gasteiger partial charge in [-0.2, -0.15) is 0 Å². The second-order valence-electron chi connectivity index (χ2n) is 7.47. The van der Waals surface area contributed by atoms with E-state index in [-0.39, 0.29) is 29.4 Å². The van der Waals surface area contributed by atoms with E-state index < -0.39 is 6.10 Å². The number of halogens is 2. The molecule has 3 aromatic carbocycles. The minimum atomic E-state index is -0.763. The first-order chi connectivity index (χ1) is 14.4. The molecule has 0 aromatic heterocycles. The third kappa shape index (κ3) is 4.11. The predicted molar refractivity (Wildman–Crippen MR) is 117 cm³/mol. The van der Waals surface area contributed by atoms with Gasteiger partial charge in [-0.15, -0.1) is 0 Å². The van der Waals surface area contributed by atoms with E-state index in [0.29, 0.717) is 18.4 Å². The number of benzene rings is 3. The molecule has 4 rings (SSSR count). The summed E-state index contributed by atoms with van der Waals surface area (Å²) >= 11 is 3.41. The van der Waals surface area contributed by atoms with Crippen LogP contribution in [0.2, 0.25) is 0 Å². The van der Waals surface area contributed by atoms with E-state index in [1.807, 2.05) is 36.4 Å². The number of rotatable bonds is 6. The minimum absolute atomic E-state index is 0.00158. The Labute approximate surface area is 182 Å². The average molecular weight is 470 g/mol. The number of aliphatic hydroxyl groups excluding tert-OH is 1.